The molecular formula is C17H16ClN3O. The lowest BCUT2D eigenvalue weighted by atomic mass is 9.87. The monoisotopic (exact) mass is 313 g/mol. The maximum absolute atomic E-state index is 12.3. The highest BCUT2D eigenvalue weighted by molar-refractivity contribution is 6.29. The van der Waals surface area contributed by atoms with Crippen LogP contribution in [0.2, 0.25) is 5.15 Å². The minimum Gasteiger partial charge on any atom is -0.370 e. The zero-order valence-corrected chi connectivity index (χ0v) is 13.0. The van der Waals surface area contributed by atoms with Crippen LogP contribution in [0, 0.1) is 16.7 Å². The fraction of sp³-hybridized carbons (Fsp3) is 0.471. The van der Waals surface area contributed by atoms with Crippen LogP contribution < -0.4 is 0 Å². The summed E-state index contributed by atoms with van der Waals surface area (Å²) in [6, 6.07) is 3.91. The number of hydrogen-bond acceptors (Lipinski definition) is 4. The summed E-state index contributed by atoms with van der Waals surface area (Å²) in [5.41, 5.74) is 3.38. The van der Waals surface area contributed by atoms with Gasteiger partial charge in [0.2, 0.25) is 0 Å². The Hall–Kier alpha value is -1.86. The quantitative estimate of drug-likeness (QED) is 0.748. The van der Waals surface area contributed by atoms with Crippen LogP contribution >= 0.6 is 11.6 Å². The molecule has 2 heterocycles. The summed E-state index contributed by atoms with van der Waals surface area (Å²) in [4.78, 5) is 18.6. The lowest BCUT2D eigenvalue weighted by Gasteiger charge is -2.37. The van der Waals surface area contributed by atoms with Crippen LogP contribution in [0.1, 0.15) is 36.8 Å². The molecule has 2 aliphatic carbocycles. The van der Waals surface area contributed by atoms with E-state index in [2.05, 4.69) is 16.0 Å². The second-order valence-corrected chi connectivity index (χ2v) is 6.97. The topological polar surface area (TPSA) is 57.0 Å². The normalized spacial score (nSPS) is 22.5. The molecule has 112 valence electrons. The molecule has 0 atom stereocenters. The number of allylic oxidation sites excluding steroid dienone is 1. The molecule has 4 nitrogen and oxygen atoms in total. The number of carbonyl (C=O) groups is 1. The van der Waals surface area contributed by atoms with Gasteiger partial charge < -0.3 is 4.90 Å². The maximum atomic E-state index is 12.3. The SMILES string of the molecule is N#CC1=C(N2CCC3(CC2)CC3)c2cc(Cl)ncc2CC1=O. The minimum absolute atomic E-state index is 0.110. The van der Waals surface area contributed by atoms with Gasteiger partial charge in [-0.1, -0.05) is 11.6 Å². The van der Waals surface area contributed by atoms with E-state index in [1.165, 1.54) is 12.8 Å². The Morgan fingerprint density at radius 3 is 2.64 bits per heavy atom. The van der Waals surface area contributed by atoms with Crippen LogP contribution in [0.3, 0.4) is 0 Å². The van der Waals surface area contributed by atoms with Crippen LogP contribution in [0.4, 0.5) is 0 Å². The summed E-state index contributed by atoms with van der Waals surface area (Å²) in [6.07, 6.45) is 6.86. The van der Waals surface area contributed by atoms with Crippen molar-refractivity contribution in [3.8, 4) is 6.07 Å². The van der Waals surface area contributed by atoms with Gasteiger partial charge in [0, 0.05) is 31.3 Å². The fourth-order valence-corrected chi connectivity index (χ4v) is 3.83. The van der Waals surface area contributed by atoms with Gasteiger partial charge in [-0.2, -0.15) is 5.26 Å². The highest BCUT2D eigenvalue weighted by Gasteiger charge is 2.45. The van der Waals surface area contributed by atoms with E-state index in [1.54, 1.807) is 12.3 Å². The first-order valence-electron chi connectivity index (χ1n) is 7.69. The zero-order chi connectivity index (χ0) is 15.3. The number of hydrogen-bond donors (Lipinski definition) is 0. The van der Waals surface area contributed by atoms with Gasteiger partial charge in [-0.15, -0.1) is 0 Å². The van der Waals surface area contributed by atoms with Gasteiger partial charge in [-0.25, -0.2) is 4.98 Å². The molecule has 0 aromatic carbocycles. The molecule has 0 radical (unpaired) electrons. The first-order chi connectivity index (χ1) is 10.6. The molecule has 5 heteroatoms. The predicted molar refractivity (Wildman–Crippen MR) is 83.0 cm³/mol. The molecule has 1 aliphatic heterocycles. The van der Waals surface area contributed by atoms with Crippen LogP contribution in [0.5, 0.6) is 0 Å². The van der Waals surface area contributed by atoms with Crippen molar-refractivity contribution in [1.82, 2.24) is 9.88 Å². The Morgan fingerprint density at radius 2 is 2.00 bits per heavy atom. The molecule has 0 unspecified atom stereocenters. The smallest absolute Gasteiger partial charge is 0.179 e. The van der Waals surface area contributed by atoms with Gasteiger partial charge >= 0.3 is 0 Å². The minimum atomic E-state index is -0.110. The highest BCUT2D eigenvalue weighted by atomic mass is 35.5. The Bertz CT molecular complexity index is 733. The number of ketones is 1. The fourth-order valence-electron chi connectivity index (χ4n) is 3.67. The van der Waals surface area contributed by atoms with Crippen molar-refractivity contribution in [2.24, 2.45) is 5.41 Å². The van der Waals surface area contributed by atoms with Crippen molar-refractivity contribution < 1.29 is 4.79 Å². The standard InChI is InChI=1S/C17H16ClN3O/c18-15-8-12-11(10-20-15)7-14(22)13(9-19)16(12)21-5-3-17(1-2-17)4-6-21/h8,10H,1-7H2. The van der Waals surface area contributed by atoms with E-state index in [1.807, 2.05) is 0 Å². The average Bonchev–Trinajstić information content (AvgIpc) is 3.27. The molecule has 0 N–H and O–H groups in total. The second-order valence-electron chi connectivity index (χ2n) is 6.59. The lowest BCUT2D eigenvalue weighted by molar-refractivity contribution is -0.114. The van der Waals surface area contributed by atoms with E-state index in [4.69, 9.17) is 11.6 Å². The van der Waals surface area contributed by atoms with Crippen molar-refractivity contribution >= 4 is 23.1 Å². The summed E-state index contributed by atoms with van der Waals surface area (Å²) >= 11 is 6.04. The Labute approximate surface area is 134 Å². The van der Waals surface area contributed by atoms with Crippen molar-refractivity contribution in [2.45, 2.75) is 32.1 Å². The van der Waals surface area contributed by atoms with E-state index >= 15 is 0 Å². The van der Waals surface area contributed by atoms with E-state index < -0.39 is 0 Å². The number of Topliss-reactive ketones (excluding diaryl/α,β-unsaturated/α-hetero) is 1. The molecule has 1 saturated heterocycles. The second kappa shape index (κ2) is 4.82. The van der Waals surface area contributed by atoms with Crippen molar-refractivity contribution in [1.29, 1.82) is 5.26 Å². The number of piperidine rings is 1. The molecule has 2 fully saturated rings. The van der Waals surface area contributed by atoms with Gasteiger partial charge in [-0.05, 0) is 42.7 Å². The van der Waals surface area contributed by atoms with Crippen molar-refractivity contribution in [3.05, 3.63) is 34.1 Å². The van der Waals surface area contributed by atoms with E-state index in [-0.39, 0.29) is 17.8 Å². The summed E-state index contributed by atoms with van der Waals surface area (Å²) < 4.78 is 0. The number of rotatable bonds is 1. The molecule has 1 aromatic heterocycles. The van der Waals surface area contributed by atoms with E-state index in [0.717, 1.165) is 42.8 Å². The number of pyridine rings is 1. The summed E-state index contributed by atoms with van der Waals surface area (Å²) in [5.74, 6) is -0.110. The third-order valence-corrected chi connectivity index (χ3v) is 5.49. The van der Waals surface area contributed by atoms with Crippen molar-refractivity contribution in [2.75, 3.05) is 13.1 Å². The molecule has 0 amide bonds. The third-order valence-electron chi connectivity index (χ3n) is 5.28. The Balaban J connectivity index is 1.78. The Kier molecular flexibility index (Phi) is 3.02. The summed E-state index contributed by atoms with van der Waals surface area (Å²) in [7, 11) is 0. The van der Waals surface area contributed by atoms with Gasteiger partial charge in [0.1, 0.15) is 16.8 Å². The number of nitrogens with zero attached hydrogens (tertiary/aromatic N) is 3. The molecular weight excluding hydrogens is 298 g/mol. The van der Waals surface area contributed by atoms with Gasteiger partial charge in [0.15, 0.2) is 5.78 Å². The molecule has 0 bridgehead atoms. The molecule has 4 rings (SSSR count). The molecule has 1 aromatic rings. The maximum Gasteiger partial charge on any atom is 0.179 e. The highest BCUT2D eigenvalue weighted by Crippen LogP contribution is 2.54. The van der Waals surface area contributed by atoms with Crippen LogP contribution in [0.25, 0.3) is 5.70 Å². The largest absolute Gasteiger partial charge is 0.370 e. The van der Waals surface area contributed by atoms with Crippen molar-refractivity contribution in [3.63, 3.8) is 0 Å². The molecule has 1 spiro atoms. The van der Waals surface area contributed by atoms with Crippen LogP contribution in [-0.4, -0.2) is 28.8 Å². The third kappa shape index (κ3) is 2.12. The average molecular weight is 314 g/mol. The first kappa shape index (κ1) is 13.8. The summed E-state index contributed by atoms with van der Waals surface area (Å²) in [5, 5.41) is 9.87. The first-order valence-corrected chi connectivity index (χ1v) is 8.07. The number of carbonyl (C=O) groups excluding carboxylic acids is 1. The van der Waals surface area contributed by atoms with Gasteiger partial charge in [0.25, 0.3) is 0 Å². The molecule has 22 heavy (non-hydrogen) atoms. The molecule has 1 saturated carbocycles. The van der Waals surface area contributed by atoms with E-state index in [0.29, 0.717) is 10.6 Å². The van der Waals surface area contributed by atoms with Gasteiger partial charge in [0.05, 0.1) is 5.70 Å². The zero-order valence-electron chi connectivity index (χ0n) is 12.2. The summed E-state index contributed by atoms with van der Waals surface area (Å²) in [6.45, 7) is 1.82. The number of halogens is 1. The van der Waals surface area contributed by atoms with Crippen LogP contribution in [-0.2, 0) is 11.2 Å². The number of nitriles is 1. The number of likely N-dealkylation sites (tertiary alicyclic amines) is 1. The predicted octanol–water partition coefficient (Wildman–Crippen LogP) is 2.97. The van der Waals surface area contributed by atoms with Crippen LogP contribution in [0.15, 0.2) is 17.8 Å². The lowest BCUT2D eigenvalue weighted by Crippen LogP contribution is -2.36. The molecule has 3 aliphatic rings. The van der Waals surface area contributed by atoms with Gasteiger partial charge in [-0.3, -0.25) is 4.79 Å². The Morgan fingerprint density at radius 1 is 1.27 bits per heavy atom. The number of aromatic nitrogens is 1. The number of fused-ring (bicyclic) bond motifs is 1. The van der Waals surface area contributed by atoms with E-state index in [9.17, 15) is 10.1 Å².